The van der Waals surface area contributed by atoms with Crippen molar-refractivity contribution >= 4 is 10.2 Å². The van der Waals surface area contributed by atoms with Crippen LogP contribution in [0.25, 0.3) is 0 Å². The SMILES string of the molecule is Cc1nonc1CNS(=O)(=O)N(C)C(C)C. The third kappa shape index (κ3) is 3.00. The summed E-state index contributed by atoms with van der Waals surface area (Å²) in [5.74, 6) is 0. The second-order valence-electron chi connectivity index (χ2n) is 3.73. The van der Waals surface area contributed by atoms with E-state index in [0.29, 0.717) is 11.4 Å². The van der Waals surface area contributed by atoms with E-state index in [9.17, 15) is 8.42 Å². The van der Waals surface area contributed by atoms with Crippen molar-refractivity contribution in [3.8, 4) is 0 Å². The zero-order valence-corrected chi connectivity index (χ0v) is 10.6. The average Bonchev–Trinajstić information content (AvgIpc) is 2.60. The van der Waals surface area contributed by atoms with Crippen LogP contribution in [0.1, 0.15) is 25.2 Å². The van der Waals surface area contributed by atoms with Crippen LogP contribution >= 0.6 is 0 Å². The van der Waals surface area contributed by atoms with Crippen LogP contribution < -0.4 is 4.72 Å². The van der Waals surface area contributed by atoms with E-state index in [-0.39, 0.29) is 12.6 Å². The van der Waals surface area contributed by atoms with Crippen LogP contribution in [0.5, 0.6) is 0 Å². The van der Waals surface area contributed by atoms with Crippen LogP contribution in [0, 0.1) is 6.92 Å². The zero-order valence-electron chi connectivity index (χ0n) is 9.76. The summed E-state index contributed by atoms with van der Waals surface area (Å²) in [5, 5.41) is 7.15. The second kappa shape index (κ2) is 4.89. The highest BCUT2D eigenvalue weighted by molar-refractivity contribution is 7.87. The van der Waals surface area contributed by atoms with Gasteiger partial charge in [-0.3, -0.25) is 0 Å². The molecule has 1 aromatic heterocycles. The van der Waals surface area contributed by atoms with Crippen LogP contribution in [0.4, 0.5) is 0 Å². The molecule has 0 aromatic carbocycles. The second-order valence-corrected chi connectivity index (χ2v) is 5.55. The Bertz CT molecular complexity index is 440. The molecule has 0 atom stereocenters. The normalized spacial score (nSPS) is 12.6. The van der Waals surface area contributed by atoms with Crippen LogP contribution in [0.2, 0.25) is 0 Å². The van der Waals surface area contributed by atoms with Gasteiger partial charge in [0.25, 0.3) is 10.2 Å². The van der Waals surface area contributed by atoms with Gasteiger partial charge in [-0.2, -0.15) is 17.4 Å². The first-order chi connectivity index (χ1) is 7.34. The Hall–Kier alpha value is -0.990. The number of nitrogens with zero attached hydrogens (tertiary/aromatic N) is 3. The summed E-state index contributed by atoms with van der Waals surface area (Å²) in [6, 6.07) is -0.103. The minimum Gasteiger partial charge on any atom is -0.244 e. The van der Waals surface area contributed by atoms with E-state index in [0.717, 1.165) is 0 Å². The van der Waals surface area contributed by atoms with Crippen LogP contribution in [-0.4, -0.2) is 36.1 Å². The molecule has 0 spiro atoms. The largest absolute Gasteiger partial charge is 0.279 e. The Balaban J connectivity index is 2.65. The molecule has 0 radical (unpaired) electrons. The molecule has 0 aliphatic heterocycles. The summed E-state index contributed by atoms with van der Waals surface area (Å²) >= 11 is 0. The van der Waals surface area contributed by atoms with E-state index in [4.69, 9.17) is 0 Å². The lowest BCUT2D eigenvalue weighted by molar-refractivity contribution is 0.300. The molecule has 0 aliphatic rings. The molecule has 1 aromatic rings. The fraction of sp³-hybridized carbons (Fsp3) is 0.750. The Labute approximate surface area is 95.0 Å². The minimum atomic E-state index is -3.48. The van der Waals surface area contributed by atoms with Crippen molar-refractivity contribution in [2.75, 3.05) is 7.05 Å². The summed E-state index contributed by atoms with van der Waals surface area (Å²) in [6.45, 7) is 5.37. The number of hydrogen-bond donors (Lipinski definition) is 1. The van der Waals surface area contributed by atoms with Crippen molar-refractivity contribution in [2.24, 2.45) is 0 Å². The first-order valence-electron chi connectivity index (χ1n) is 4.85. The third-order valence-electron chi connectivity index (χ3n) is 2.27. The first kappa shape index (κ1) is 13.1. The Morgan fingerprint density at radius 3 is 2.50 bits per heavy atom. The van der Waals surface area contributed by atoms with Gasteiger partial charge in [0.2, 0.25) is 0 Å². The molecule has 92 valence electrons. The molecule has 0 amide bonds. The van der Waals surface area contributed by atoms with Crippen molar-refractivity contribution in [3.05, 3.63) is 11.4 Å². The molecule has 1 N–H and O–H groups in total. The Kier molecular flexibility index (Phi) is 4.00. The molecule has 7 nitrogen and oxygen atoms in total. The van der Waals surface area contributed by atoms with E-state index < -0.39 is 10.2 Å². The fourth-order valence-electron chi connectivity index (χ4n) is 0.949. The summed E-state index contributed by atoms with van der Waals surface area (Å²) in [4.78, 5) is 0. The summed E-state index contributed by atoms with van der Waals surface area (Å²) in [7, 11) is -1.96. The highest BCUT2D eigenvalue weighted by Gasteiger charge is 2.20. The van der Waals surface area contributed by atoms with Crippen LogP contribution in [0.15, 0.2) is 4.63 Å². The van der Waals surface area contributed by atoms with Gasteiger partial charge in [0, 0.05) is 13.1 Å². The number of rotatable bonds is 5. The monoisotopic (exact) mass is 248 g/mol. The number of aromatic nitrogens is 2. The van der Waals surface area contributed by atoms with Gasteiger partial charge in [-0.25, -0.2) is 4.63 Å². The smallest absolute Gasteiger partial charge is 0.244 e. The molecule has 1 heterocycles. The van der Waals surface area contributed by atoms with E-state index in [1.54, 1.807) is 20.8 Å². The number of nitrogens with one attached hydrogen (secondary N) is 1. The molecule has 8 heteroatoms. The molecule has 0 aliphatic carbocycles. The van der Waals surface area contributed by atoms with Crippen molar-refractivity contribution in [1.29, 1.82) is 0 Å². The first-order valence-corrected chi connectivity index (χ1v) is 6.29. The van der Waals surface area contributed by atoms with E-state index in [1.807, 2.05) is 0 Å². The molecule has 0 saturated heterocycles. The Morgan fingerprint density at radius 1 is 1.44 bits per heavy atom. The minimum absolute atomic E-state index is 0.0781. The van der Waals surface area contributed by atoms with Gasteiger partial charge in [0.05, 0.1) is 6.54 Å². The summed E-state index contributed by atoms with van der Waals surface area (Å²) < 4.78 is 31.6. The van der Waals surface area contributed by atoms with E-state index in [1.165, 1.54) is 11.4 Å². The van der Waals surface area contributed by atoms with Gasteiger partial charge in [0.15, 0.2) is 0 Å². The molecule has 0 fully saturated rings. The van der Waals surface area contributed by atoms with Crippen molar-refractivity contribution in [3.63, 3.8) is 0 Å². The quantitative estimate of drug-likeness (QED) is 0.795. The molecule has 0 unspecified atom stereocenters. The molecular formula is C8H16N4O3S. The van der Waals surface area contributed by atoms with E-state index in [2.05, 4.69) is 19.7 Å². The molecule has 1 rings (SSSR count). The zero-order chi connectivity index (χ0) is 12.3. The predicted octanol–water partition coefficient (Wildman–Crippen LogP) is 0.0526. The lowest BCUT2D eigenvalue weighted by atomic mass is 10.3. The molecule has 0 bridgehead atoms. The highest BCUT2D eigenvalue weighted by Crippen LogP contribution is 2.04. The summed E-state index contributed by atoms with van der Waals surface area (Å²) in [6.07, 6.45) is 0. The maximum atomic E-state index is 11.7. The number of hydrogen-bond acceptors (Lipinski definition) is 5. The topological polar surface area (TPSA) is 88.3 Å². The number of aryl methyl sites for hydroxylation is 1. The maximum Gasteiger partial charge on any atom is 0.279 e. The predicted molar refractivity (Wildman–Crippen MR) is 57.7 cm³/mol. The van der Waals surface area contributed by atoms with Crippen molar-refractivity contribution in [2.45, 2.75) is 33.4 Å². The lowest BCUT2D eigenvalue weighted by Crippen LogP contribution is -2.41. The maximum absolute atomic E-state index is 11.7. The Morgan fingerprint density at radius 2 is 2.06 bits per heavy atom. The molecular weight excluding hydrogens is 232 g/mol. The van der Waals surface area contributed by atoms with Gasteiger partial charge in [-0.05, 0) is 20.8 Å². The van der Waals surface area contributed by atoms with E-state index >= 15 is 0 Å². The van der Waals surface area contributed by atoms with Gasteiger partial charge < -0.3 is 0 Å². The van der Waals surface area contributed by atoms with Gasteiger partial charge in [0.1, 0.15) is 11.4 Å². The van der Waals surface area contributed by atoms with Crippen molar-refractivity contribution in [1.82, 2.24) is 19.3 Å². The van der Waals surface area contributed by atoms with Gasteiger partial charge in [-0.1, -0.05) is 10.3 Å². The fourth-order valence-corrected chi connectivity index (χ4v) is 2.03. The average molecular weight is 248 g/mol. The van der Waals surface area contributed by atoms with Gasteiger partial charge in [-0.15, -0.1) is 0 Å². The highest BCUT2D eigenvalue weighted by atomic mass is 32.2. The van der Waals surface area contributed by atoms with Crippen LogP contribution in [-0.2, 0) is 16.8 Å². The lowest BCUT2D eigenvalue weighted by Gasteiger charge is -2.20. The van der Waals surface area contributed by atoms with Gasteiger partial charge >= 0.3 is 0 Å². The summed E-state index contributed by atoms with van der Waals surface area (Å²) in [5.41, 5.74) is 1.07. The standard InChI is InChI=1S/C8H16N4O3S/c1-6(2)12(4)16(13,14)9-5-8-7(3)10-15-11-8/h6,9H,5H2,1-4H3. The molecule has 16 heavy (non-hydrogen) atoms. The van der Waals surface area contributed by atoms with Crippen molar-refractivity contribution < 1.29 is 13.0 Å². The third-order valence-corrected chi connectivity index (χ3v) is 3.96. The molecule has 0 saturated carbocycles. The van der Waals surface area contributed by atoms with Crippen LogP contribution in [0.3, 0.4) is 0 Å².